The fraction of sp³-hybridized carbons (Fsp3) is 0. The summed E-state index contributed by atoms with van der Waals surface area (Å²) < 4.78 is 6.09. The highest BCUT2D eigenvalue weighted by Crippen LogP contribution is 2.45. The van der Waals surface area contributed by atoms with Gasteiger partial charge in [0.25, 0.3) is 0 Å². The average molecular weight is 404 g/mol. The smallest absolute Gasteiger partial charge is 0.216 e. The van der Waals surface area contributed by atoms with Gasteiger partial charge in [0.15, 0.2) is 5.09 Å². The summed E-state index contributed by atoms with van der Waals surface area (Å²) in [5.41, 5.74) is 3.92. The Bertz CT molecular complexity index is 1120. The summed E-state index contributed by atoms with van der Waals surface area (Å²) in [6, 6.07) is 17.2. The van der Waals surface area contributed by atoms with E-state index in [1.165, 1.54) is 11.8 Å². The summed E-state index contributed by atoms with van der Waals surface area (Å²) in [5.74, 6) is 0.675. The number of thioether (sulfide) groups is 1. The first kappa shape index (κ1) is 17.2. The lowest BCUT2D eigenvalue weighted by atomic mass is 10.0. The van der Waals surface area contributed by atoms with Crippen LogP contribution in [-0.2, 0) is 9.53 Å². The van der Waals surface area contributed by atoms with E-state index in [4.69, 9.17) is 16.3 Å². The number of nitrogens with zero attached hydrogens (tertiary/aromatic N) is 1. The van der Waals surface area contributed by atoms with Crippen LogP contribution in [0.1, 0.15) is 11.1 Å². The molecule has 0 bridgehead atoms. The molecule has 3 aliphatic rings. The first-order chi connectivity index (χ1) is 13.7. The second kappa shape index (κ2) is 6.89. The topological polar surface area (TPSA) is 29.5 Å². The van der Waals surface area contributed by atoms with Crippen LogP contribution in [0.3, 0.4) is 0 Å². The molecular weight excluding hydrogens is 390 g/mol. The summed E-state index contributed by atoms with van der Waals surface area (Å²) in [6.45, 7) is 0. The van der Waals surface area contributed by atoms with E-state index >= 15 is 0 Å². The van der Waals surface area contributed by atoms with Gasteiger partial charge in [-0.05, 0) is 42.0 Å². The minimum atomic E-state index is -0.0364. The maximum Gasteiger partial charge on any atom is 0.216 e. The average Bonchev–Trinajstić information content (AvgIpc) is 3.31. The van der Waals surface area contributed by atoms with E-state index in [-0.39, 0.29) is 5.78 Å². The quantitative estimate of drug-likeness (QED) is 0.579. The summed E-state index contributed by atoms with van der Waals surface area (Å²) in [4.78, 5) is 15.3. The van der Waals surface area contributed by atoms with Gasteiger partial charge >= 0.3 is 0 Å². The van der Waals surface area contributed by atoms with Crippen LogP contribution in [0.25, 0.3) is 11.3 Å². The number of carbonyl (C=O) groups is 1. The molecule has 0 fully saturated rings. The lowest BCUT2D eigenvalue weighted by molar-refractivity contribution is -0.111. The fourth-order valence-corrected chi connectivity index (χ4v) is 4.33. The van der Waals surface area contributed by atoms with Crippen LogP contribution in [-0.4, -0.2) is 10.7 Å². The summed E-state index contributed by atoms with van der Waals surface area (Å²) in [7, 11) is 0. The Labute approximate surface area is 171 Å². The predicted octanol–water partition coefficient (Wildman–Crippen LogP) is 5.95. The van der Waals surface area contributed by atoms with Gasteiger partial charge in [0.05, 0.1) is 11.3 Å². The Morgan fingerprint density at radius 1 is 0.929 bits per heavy atom. The molecule has 0 atom stereocenters. The van der Waals surface area contributed by atoms with Crippen molar-refractivity contribution in [1.82, 2.24) is 4.90 Å². The van der Waals surface area contributed by atoms with Gasteiger partial charge in [-0.3, -0.25) is 4.79 Å². The van der Waals surface area contributed by atoms with E-state index in [1.54, 1.807) is 0 Å². The Kier molecular flexibility index (Phi) is 4.23. The van der Waals surface area contributed by atoms with Crippen molar-refractivity contribution in [1.29, 1.82) is 0 Å². The molecule has 3 nitrogen and oxygen atoms in total. The molecule has 0 spiro atoms. The van der Waals surface area contributed by atoms with Gasteiger partial charge in [-0.15, -0.1) is 0 Å². The number of benzene rings is 2. The lowest BCUT2D eigenvalue weighted by Gasteiger charge is -2.20. The highest BCUT2D eigenvalue weighted by Gasteiger charge is 2.38. The number of hydrogen-bond donors (Lipinski definition) is 0. The zero-order valence-corrected chi connectivity index (χ0v) is 16.2. The van der Waals surface area contributed by atoms with Crippen LogP contribution in [0.5, 0.6) is 0 Å². The lowest BCUT2D eigenvalue weighted by Crippen LogP contribution is -2.16. The van der Waals surface area contributed by atoms with Crippen LogP contribution in [0.2, 0.25) is 5.02 Å². The summed E-state index contributed by atoms with van der Waals surface area (Å²) >= 11 is 7.39. The molecule has 3 aliphatic heterocycles. The highest BCUT2D eigenvalue weighted by atomic mass is 35.5. The van der Waals surface area contributed by atoms with Crippen LogP contribution in [0.4, 0.5) is 0 Å². The second-order valence-corrected chi connectivity index (χ2v) is 7.65. The maximum absolute atomic E-state index is 13.4. The maximum atomic E-state index is 13.4. The molecule has 2 aromatic rings. The molecule has 0 radical (unpaired) electrons. The standard InChI is InChI=1S/C23H14ClNO2S/c24-17-11-9-15(10-12-17)19-14-28-23(27-19)21-22(26)20(16-6-2-1-3-7-16)18-8-4-5-13-25(18)21/h1-14H/b23-21+. The van der Waals surface area contributed by atoms with Crippen LogP contribution in [0.15, 0.2) is 101 Å². The van der Waals surface area contributed by atoms with Crippen molar-refractivity contribution < 1.29 is 9.53 Å². The van der Waals surface area contributed by atoms with Crippen LogP contribution < -0.4 is 0 Å². The number of Topliss-reactive ketones (excluding diaryl/α,β-unsaturated/α-hetero) is 1. The molecule has 0 aromatic heterocycles. The summed E-state index contributed by atoms with van der Waals surface area (Å²) in [5, 5.41) is 3.17. The molecule has 28 heavy (non-hydrogen) atoms. The second-order valence-electron chi connectivity index (χ2n) is 6.37. The van der Waals surface area contributed by atoms with Gasteiger partial charge in [-0.1, -0.05) is 59.8 Å². The van der Waals surface area contributed by atoms with E-state index < -0.39 is 0 Å². The third-order valence-electron chi connectivity index (χ3n) is 4.66. The zero-order chi connectivity index (χ0) is 19.1. The number of ketones is 1. The third-order valence-corrected chi connectivity index (χ3v) is 5.73. The minimum absolute atomic E-state index is 0.0364. The Morgan fingerprint density at radius 2 is 1.71 bits per heavy atom. The van der Waals surface area contributed by atoms with E-state index in [2.05, 4.69) is 0 Å². The fourth-order valence-electron chi connectivity index (χ4n) is 3.36. The van der Waals surface area contributed by atoms with E-state index in [0.29, 0.717) is 27.1 Å². The predicted molar refractivity (Wildman–Crippen MR) is 114 cm³/mol. The van der Waals surface area contributed by atoms with Gasteiger partial charge < -0.3 is 9.64 Å². The molecule has 5 heteroatoms. The summed E-state index contributed by atoms with van der Waals surface area (Å²) in [6.07, 6.45) is 7.71. The molecule has 0 aliphatic carbocycles. The largest absolute Gasteiger partial charge is 0.447 e. The minimum Gasteiger partial charge on any atom is -0.447 e. The van der Waals surface area contributed by atoms with Crippen molar-refractivity contribution in [2.24, 2.45) is 0 Å². The number of hydrogen-bond acceptors (Lipinski definition) is 4. The first-order valence-corrected chi connectivity index (χ1v) is 10.0. The van der Waals surface area contributed by atoms with Crippen molar-refractivity contribution in [2.45, 2.75) is 0 Å². The van der Waals surface area contributed by atoms with Crippen LogP contribution >= 0.6 is 23.4 Å². The number of carbonyl (C=O) groups excluding carboxylic acids is 1. The van der Waals surface area contributed by atoms with Gasteiger partial charge in [-0.25, -0.2) is 0 Å². The molecule has 5 rings (SSSR count). The van der Waals surface area contributed by atoms with E-state index in [0.717, 1.165) is 16.8 Å². The van der Waals surface area contributed by atoms with Crippen molar-refractivity contribution in [3.8, 4) is 0 Å². The third kappa shape index (κ3) is 2.82. The zero-order valence-electron chi connectivity index (χ0n) is 14.6. The molecular formula is C23H14ClNO2S. The molecule has 0 unspecified atom stereocenters. The first-order valence-electron chi connectivity index (χ1n) is 8.76. The van der Waals surface area contributed by atoms with E-state index in [1.807, 2.05) is 89.3 Å². The van der Waals surface area contributed by atoms with Gasteiger partial charge in [0.1, 0.15) is 11.5 Å². The molecule has 0 N–H and O–H groups in total. The molecule has 0 saturated heterocycles. The highest BCUT2D eigenvalue weighted by molar-refractivity contribution is 8.06. The van der Waals surface area contributed by atoms with Crippen LogP contribution in [0, 0.1) is 0 Å². The molecule has 136 valence electrons. The number of halogens is 1. The Balaban J connectivity index is 1.54. The monoisotopic (exact) mass is 403 g/mol. The Morgan fingerprint density at radius 3 is 2.50 bits per heavy atom. The molecule has 0 saturated carbocycles. The normalized spacial score (nSPS) is 20.5. The number of allylic oxidation sites excluding steroid dienone is 4. The number of rotatable bonds is 2. The number of ether oxygens (including phenoxy) is 1. The molecule has 2 aromatic carbocycles. The van der Waals surface area contributed by atoms with Crippen molar-refractivity contribution in [2.75, 3.05) is 0 Å². The number of fused-ring (bicyclic) bond motifs is 1. The van der Waals surface area contributed by atoms with E-state index in [9.17, 15) is 4.79 Å². The van der Waals surface area contributed by atoms with Crippen molar-refractivity contribution >= 4 is 40.5 Å². The SMILES string of the molecule is O=C1C(c2ccccc2)=C2C=CC=CN2/C1=C1\OC(c2ccc(Cl)cc2)=CS1. The van der Waals surface area contributed by atoms with Gasteiger partial charge in [0.2, 0.25) is 5.78 Å². The van der Waals surface area contributed by atoms with Crippen molar-refractivity contribution in [3.05, 3.63) is 117 Å². The Hall–Kier alpha value is -2.95. The van der Waals surface area contributed by atoms with Gasteiger partial charge in [-0.2, -0.15) is 0 Å². The molecule has 0 amide bonds. The van der Waals surface area contributed by atoms with Crippen molar-refractivity contribution in [3.63, 3.8) is 0 Å². The van der Waals surface area contributed by atoms with Gasteiger partial charge in [0, 0.05) is 22.2 Å². The molecule has 3 heterocycles.